The molecule has 1 N–H and O–H groups in total. The molecule has 0 saturated carbocycles. The van der Waals surface area contributed by atoms with E-state index < -0.39 is 0 Å². The number of fused-ring (bicyclic) bond motifs is 1. The van der Waals surface area contributed by atoms with Gasteiger partial charge in [0.25, 0.3) is 0 Å². The van der Waals surface area contributed by atoms with E-state index in [4.69, 9.17) is 23.9 Å². The number of ether oxygens (including phenoxy) is 4. The Bertz CT molecular complexity index is 1090. The third kappa shape index (κ3) is 4.70. The molecule has 168 valence electrons. The first-order valence-electron chi connectivity index (χ1n) is 10.4. The van der Waals surface area contributed by atoms with Crippen molar-refractivity contribution < 1.29 is 18.9 Å². The smallest absolute Gasteiger partial charge is 0.227 e. The predicted octanol–water partition coefficient (Wildman–Crippen LogP) is 3.81. The maximum Gasteiger partial charge on any atom is 0.227 e. The molecule has 0 unspecified atom stereocenters. The highest BCUT2D eigenvalue weighted by molar-refractivity contribution is 5.64. The summed E-state index contributed by atoms with van der Waals surface area (Å²) in [5.74, 6) is 3.64. The van der Waals surface area contributed by atoms with Crippen molar-refractivity contribution in [3.63, 3.8) is 0 Å². The number of hydrogen-bond donors (Lipinski definition) is 1. The Hall–Kier alpha value is -3.52. The van der Waals surface area contributed by atoms with Crippen LogP contribution < -0.4 is 24.3 Å². The fraction of sp³-hybridized carbons (Fsp3) is 0.333. The average molecular weight is 437 g/mol. The lowest BCUT2D eigenvalue weighted by atomic mass is 10.1. The van der Waals surface area contributed by atoms with Gasteiger partial charge in [0.15, 0.2) is 0 Å². The molecule has 0 amide bonds. The van der Waals surface area contributed by atoms with Gasteiger partial charge in [-0.05, 0) is 30.3 Å². The van der Waals surface area contributed by atoms with Crippen molar-refractivity contribution in [3.8, 4) is 23.0 Å². The van der Waals surface area contributed by atoms with E-state index in [9.17, 15) is 0 Å². The third-order valence-electron chi connectivity index (χ3n) is 5.55. The van der Waals surface area contributed by atoms with Crippen LogP contribution in [0.2, 0.25) is 0 Å². The summed E-state index contributed by atoms with van der Waals surface area (Å²) in [6.45, 7) is 2.44. The standard InChI is InChI=1S/C24H28N4O4/c1-29-18-6-8-22(31-3)16(11-18)14-28-10-9-20-17(15-28)13-25-24(26-20)27-21-7-5-19(30-2)12-23(21)32-4/h5-8,11-13H,9-10,14-15H2,1-4H3,(H,25,26,27). The Balaban J connectivity index is 1.47. The Labute approximate surface area is 188 Å². The topological polar surface area (TPSA) is 78.0 Å². The molecule has 4 rings (SSSR count). The van der Waals surface area contributed by atoms with Gasteiger partial charge in [-0.1, -0.05) is 0 Å². The molecular formula is C24H28N4O4. The van der Waals surface area contributed by atoms with Crippen LogP contribution in [0.15, 0.2) is 42.6 Å². The van der Waals surface area contributed by atoms with E-state index in [1.807, 2.05) is 42.6 Å². The van der Waals surface area contributed by atoms with Crippen molar-refractivity contribution in [2.24, 2.45) is 0 Å². The molecule has 0 fully saturated rings. The summed E-state index contributed by atoms with van der Waals surface area (Å²) in [4.78, 5) is 11.6. The molecular weight excluding hydrogens is 408 g/mol. The Morgan fingerprint density at radius 3 is 2.41 bits per heavy atom. The quantitative estimate of drug-likeness (QED) is 0.571. The van der Waals surface area contributed by atoms with Gasteiger partial charge in [-0.3, -0.25) is 4.90 Å². The van der Waals surface area contributed by atoms with Gasteiger partial charge in [0.2, 0.25) is 5.95 Å². The summed E-state index contributed by atoms with van der Waals surface area (Å²) in [5.41, 5.74) is 4.08. The molecule has 1 aromatic heterocycles. The molecule has 1 aliphatic rings. The molecule has 2 heterocycles. The second-order valence-corrected chi connectivity index (χ2v) is 7.50. The number of anilines is 2. The summed E-state index contributed by atoms with van der Waals surface area (Å²) in [5, 5.41) is 3.26. The van der Waals surface area contributed by atoms with Gasteiger partial charge in [-0.25, -0.2) is 9.97 Å². The van der Waals surface area contributed by atoms with Gasteiger partial charge in [-0.2, -0.15) is 0 Å². The molecule has 0 saturated heterocycles. The zero-order valence-electron chi connectivity index (χ0n) is 18.8. The van der Waals surface area contributed by atoms with Crippen molar-refractivity contribution in [2.75, 3.05) is 40.3 Å². The van der Waals surface area contributed by atoms with Crippen molar-refractivity contribution in [3.05, 3.63) is 59.4 Å². The molecule has 1 aliphatic heterocycles. The van der Waals surface area contributed by atoms with Crippen LogP contribution in [0, 0.1) is 0 Å². The van der Waals surface area contributed by atoms with E-state index in [0.29, 0.717) is 11.7 Å². The van der Waals surface area contributed by atoms with Crippen molar-refractivity contribution in [1.29, 1.82) is 0 Å². The van der Waals surface area contributed by atoms with Crippen molar-refractivity contribution in [1.82, 2.24) is 14.9 Å². The minimum absolute atomic E-state index is 0.551. The number of rotatable bonds is 8. The molecule has 0 aliphatic carbocycles. The SMILES string of the molecule is COc1ccc(OC)c(CN2CCc3nc(Nc4ccc(OC)cc4OC)ncc3C2)c1. The zero-order valence-corrected chi connectivity index (χ0v) is 18.8. The molecule has 32 heavy (non-hydrogen) atoms. The molecule has 8 heteroatoms. The third-order valence-corrected chi connectivity index (χ3v) is 5.55. The van der Waals surface area contributed by atoms with Crippen LogP contribution in [-0.4, -0.2) is 49.9 Å². The summed E-state index contributed by atoms with van der Waals surface area (Å²) < 4.78 is 21.6. The normalized spacial score (nSPS) is 13.2. The van der Waals surface area contributed by atoms with E-state index in [1.54, 1.807) is 28.4 Å². The highest BCUT2D eigenvalue weighted by Gasteiger charge is 2.20. The molecule has 2 aromatic carbocycles. The van der Waals surface area contributed by atoms with Crippen LogP contribution in [0.5, 0.6) is 23.0 Å². The fourth-order valence-electron chi connectivity index (χ4n) is 3.84. The lowest BCUT2D eigenvalue weighted by Gasteiger charge is -2.28. The van der Waals surface area contributed by atoms with E-state index in [-0.39, 0.29) is 0 Å². The van der Waals surface area contributed by atoms with Gasteiger partial charge < -0.3 is 24.3 Å². The van der Waals surface area contributed by atoms with Crippen LogP contribution >= 0.6 is 0 Å². The minimum Gasteiger partial charge on any atom is -0.497 e. The summed E-state index contributed by atoms with van der Waals surface area (Å²) in [6, 6.07) is 11.5. The lowest BCUT2D eigenvalue weighted by Crippen LogP contribution is -2.31. The number of benzene rings is 2. The van der Waals surface area contributed by atoms with Crippen LogP contribution in [0.25, 0.3) is 0 Å². The van der Waals surface area contributed by atoms with Gasteiger partial charge in [0.05, 0.1) is 39.8 Å². The number of hydrogen-bond acceptors (Lipinski definition) is 8. The predicted molar refractivity (Wildman–Crippen MR) is 122 cm³/mol. The van der Waals surface area contributed by atoms with E-state index in [0.717, 1.165) is 65.8 Å². The largest absolute Gasteiger partial charge is 0.497 e. The van der Waals surface area contributed by atoms with Crippen LogP contribution in [0.1, 0.15) is 16.8 Å². The van der Waals surface area contributed by atoms with E-state index in [2.05, 4.69) is 15.2 Å². The van der Waals surface area contributed by atoms with Crippen LogP contribution in [0.3, 0.4) is 0 Å². The van der Waals surface area contributed by atoms with Gasteiger partial charge >= 0.3 is 0 Å². The molecule has 0 atom stereocenters. The van der Waals surface area contributed by atoms with Crippen molar-refractivity contribution >= 4 is 11.6 Å². The monoisotopic (exact) mass is 436 g/mol. The van der Waals surface area contributed by atoms with Gasteiger partial charge in [0, 0.05) is 49.4 Å². The zero-order chi connectivity index (χ0) is 22.5. The summed E-state index contributed by atoms with van der Waals surface area (Å²) in [6.07, 6.45) is 2.74. The second kappa shape index (κ2) is 9.74. The fourth-order valence-corrected chi connectivity index (χ4v) is 3.84. The number of aromatic nitrogens is 2. The highest BCUT2D eigenvalue weighted by atomic mass is 16.5. The lowest BCUT2D eigenvalue weighted by molar-refractivity contribution is 0.239. The average Bonchev–Trinajstić information content (AvgIpc) is 2.84. The Kier molecular flexibility index (Phi) is 6.61. The van der Waals surface area contributed by atoms with Gasteiger partial charge in [0.1, 0.15) is 23.0 Å². The number of methoxy groups -OCH3 is 4. The first-order chi connectivity index (χ1) is 15.6. The summed E-state index contributed by atoms with van der Waals surface area (Å²) >= 11 is 0. The molecule has 0 bridgehead atoms. The van der Waals surface area contributed by atoms with Gasteiger partial charge in [-0.15, -0.1) is 0 Å². The minimum atomic E-state index is 0.551. The van der Waals surface area contributed by atoms with E-state index >= 15 is 0 Å². The van der Waals surface area contributed by atoms with Crippen LogP contribution in [-0.2, 0) is 19.5 Å². The van der Waals surface area contributed by atoms with Crippen LogP contribution in [0.4, 0.5) is 11.6 Å². The summed E-state index contributed by atoms with van der Waals surface area (Å²) in [7, 11) is 6.62. The molecule has 3 aromatic rings. The number of nitrogens with one attached hydrogen (secondary N) is 1. The Morgan fingerprint density at radius 2 is 1.66 bits per heavy atom. The van der Waals surface area contributed by atoms with E-state index in [1.165, 1.54) is 0 Å². The molecule has 0 spiro atoms. The maximum atomic E-state index is 5.53. The molecule has 0 radical (unpaired) electrons. The first kappa shape index (κ1) is 21.7. The first-order valence-corrected chi connectivity index (χ1v) is 10.4. The maximum absolute atomic E-state index is 5.53. The molecule has 8 nitrogen and oxygen atoms in total. The van der Waals surface area contributed by atoms with Crippen molar-refractivity contribution in [2.45, 2.75) is 19.5 Å². The number of nitrogens with zero attached hydrogens (tertiary/aromatic N) is 3. The Morgan fingerprint density at radius 1 is 0.906 bits per heavy atom. The highest BCUT2D eigenvalue weighted by Crippen LogP contribution is 2.31. The second-order valence-electron chi connectivity index (χ2n) is 7.50.